The van der Waals surface area contributed by atoms with E-state index in [-0.39, 0.29) is 5.75 Å². The molecule has 3 heteroatoms. The molecule has 0 saturated heterocycles. The lowest BCUT2D eigenvalue weighted by atomic mass is 10.2. The van der Waals surface area contributed by atoms with Crippen LogP contribution in [0.2, 0.25) is 0 Å². The maximum Gasteiger partial charge on any atom is 0.126 e. The number of nitrogens with one attached hydrogen (secondary N) is 1. The van der Waals surface area contributed by atoms with Gasteiger partial charge in [0.1, 0.15) is 11.5 Å². The molecule has 0 bridgehead atoms. The van der Waals surface area contributed by atoms with Gasteiger partial charge in [0.2, 0.25) is 0 Å². The Labute approximate surface area is 84.0 Å². The number of hydrogen-bond donors (Lipinski definition) is 2. The number of hydrogen-bond acceptors (Lipinski definition) is 3. The summed E-state index contributed by atoms with van der Waals surface area (Å²) in [6, 6.07) is 5.23. The normalized spacial score (nSPS) is 10.7. The third-order valence-electron chi connectivity index (χ3n) is 1.86. The molecule has 0 aliphatic carbocycles. The van der Waals surface area contributed by atoms with Crippen molar-refractivity contribution in [2.75, 3.05) is 20.7 Å². The fourth-order valence-electron chi connectivity index (χ4n) is 1.10. The van der Waals surface area contributed by atoms with E-state index in [4.69, 9.17) is 4.74 Å². The highest BCUT2D eigenvalue weighted by molar-refractivity contribution is 5.58. The van der Waals surface area contributed by atoms with Crippen LogP contribution in [0, 0.1) is 0 Å². The zero-order chi connectivity index (χ0) is 10.4. The largest absolute Gasteiger partial charge is 0.507 e. The molecule has 76 valence electrons. The lowest BCUT2D eigenvalue weighted by Crippen LogP contribution is -2.03. The van der Waals surface area contributed by atoms with Gasteiger partial charge in [-0.05, 0) is 19.2 Å². The molecule has 0 aromatic heterocycles. The minimum Gasteiger partial charge on any atom is -0.507 e. The van der Waals surface area contributed by atoms with Crippen molar-refractivity contribution in [1.29, 1.82) is 0 Å². The smallest absolute Gasteiger partial charge is 0.126 e. The molecular weight excluding hydrogens is 178 g/mol. The van der Waals surface area contributed by atoms with Crippen LogP contribution >= 0.6 is 0 Å². The summed E-state index contributed by atoms with van der Waals surface area (Å²) in [6.07, 6.45) is 3.81. The molecule has 0 spiro atoms. The van der Waals surface area contributed by atoms with E-state index in [1.807, 2.05) is 31.3 Å². The van der Waals surface area contributed by atoms with Gasteiger partial charge in [-0.3, -0.25) is 0 Å². The summed E-state index contributed by atoms with van der Waals surface area (Å²) in [5.41, 5.74) is 0.793. The van der Waals surface area contributed by atoms with Crippen LogP contribution in [-0.2, 0) is 0 Å². The lowest BCUT2D eigenvalue weighted by Gasteiger charge is -2.02. The molecule has 1 aromatic rings. The first-order valence-electron chi connectivity index (χ1n) is 4.46. The van der Waals surface area contributed by atoms with Gasteiger partial charge in [0, 0.05) is 18.2 Å². The summed E-state index contributed by atoms with van der Waals surface area (Å²) in [4.78, 5) is 0. The lowest BCUT2D eigenvalue weighted by molar-refractivity contribution is 0.407. The predicted octanol–water partition coefficient (Wildman–Crippen LogP) is 1.63. The van der Waals surface area contributed by atoms with Gasteiger partial charge in [0.05, 0.1) is 7.11 Å². The number of rotatable bonds is 4. The van der Waals surface area contributed by atoms with Crippen LogP contribution < -0.4 is 10.1 Å². The van der Waals surface area contributed by atoms with E-state index < -0.39 is 0 Å². The zero-order valence-electron chi connectivity index (χ0n) is 8.45. The van der Waals surface area contributed by atoms with Gasteiger partial charge in [-0.1, -0.05) is 12.2 Å². The molecule has 0 atom stereocenters. The van der Waals surface area contributed by atoms with Crippen LogP contribution in [0.1, 0.15) is 5.56 Å². The van der Waals surface area contributed by atoms with Crippen molar-refractivity contribution in [3.8, 4) is 11.5 Å². The molecule has 0 radical (unpaired) electrons. The summed E-state index contributed by atoms with van der Waals surface area (Å²) >= 11 is 0. The molecule has 0 heterocycles. The van der Waals surface area contributed by atoms with E-state index in [1.165, 1.54) is 0 Å². The molecule has 1 aromatic carbocycles. The number of benzene rings is 1. The summed E-state index contributed by atoms with van der Waals surface area (Å²) < 4.78 is 4.98. The molecule has 0 saturated carbocycles. The van der Waals surface area contributed by atoms with E-state index in [2.05, 4.69) is 5.32 Å². The Morgan fingerprint density at radius 2 is 2.29 bits per heavy atom. The summed E-state index contributed by atoms with van der Waals surface area (Å²) in [6.45, 7) is 0.783. The highest BCUT2D eigenvalue weighted by Crippen LogP contribution is 2.24. The monoisotopic (exact) mass is 193 g/mol. The second-order valence-corrected chi connectivity index (χ2v) is 2.88. The van der Waals surface area contributed by atoms with Crippen molar-refractivity contribution in [1.82, 2.24) is 5.32 Å². The highest BCUT2D eigenvalue weighted by atomic mass is 16.5. The number of methoxy groups -OCH3 is 1. The highest BCUT2D eigenvalue weighted by Gasteiger charge is 1.98. The Balaban J connectivity index is 2.78. The van der Waals surface area contributed by atoms with Crippen molar-refractivity contribution < 1.29 is 9.84 Å². The molecule has 2 N–H and O–H groups in total. The fourth-order valence-corrected chi connectivity index (χ4v) is 1.10. The van der Waals surface area contributed by atoms with Crippen molar-refractivity contribution >= 4 is 6.08 Å². The SMILES string of the molecule is CNCC=Cc1ccc(OC)cc1O. The molecule has 0 unspecified atom stereocenters. The first-order valence-corrected chi connectivity index (χ1v) is 4.46. The summed E-state index contributed by atoms with van der Waals surface area (Å²) in [5, 5.41) is 12.6. The summed E-state index contributed by atoms with van der Waals surface area (Å²) in [5.74, 6) is 0.893. The van der Waals surface area contributed by atoms with E-state index >= 15 is 0 Å². The third-order valence-corrected chi connectivity index (χ3v) is 1.86. The van der Waals surface area contributed by atoms with Crippen molar-refractivity contribution in [3.63, 3.8) is 0 Å². The number of aromatic hydroxyl groups is 1. The van der Waals surface area contributed by atoms with Gasteiger partial charge in [-0.2, -0.15) is 0 Å². The molecule has 0 amide bonds. The molecule has 0 aliphatic heterocycles. The number of likely N-dealkylation sites (N-methyl/N-ethyl adjacent to an activating group) is 1. The van der Waals surface area contributed by atoms with Crippen LogP contribution in [-0.4, -0.2) is 25.8 Å². The van der Waals surface area contributed by atoms with E-state index in [9.17, 15) is 5.11 Å². The maximum atomic E-state index is 9.57. The average Bonchev–Trinajstić information content (AvgIpc) is 2.20. The van der Waals surface area contributed by atoms with Crippen LogP contribution in [0.3, 0.4) is 0 Å². The van der Waals surface area contributed by atoms with Crippen LogP contribution in [0.4, 0.5) is 0 Å². The summed E-state index contributed by atoms with van der Waals surface area (Å²) in [7, 11) is 3.45. The first-order chi connectivity index (χ1) is 6.77. The zero-order valence-corrected chi connectivity index (χ0v) is 8.45. The van der Waals surface area contributed by atoms with E-state index in [1.54, 1.807) is 13.2 Å². The number of phenolic OH excluding ortho intramolecular Hbond substituents is 1. The van der Waals surface area contributed by atoms with Gasteiger partial charge in [0.15, 0.2) is 0 Å². The predicted molar refractivity (Wildman–Crippen MR) is 57.6 cm³/mol. The van der Waals surface area contributed by atoms with Crippen molar-refractivity contribution in [2.24, 2.45) is 0 Å². The Hall–Kier alpha value is -1.48. The van der Waals surface area contributed by atoms with Crippen LogP contribution in [0.25, 0.3) is 6.08 Å². The Kier molecular flexibility index (Phi) is 4.01. The van der Waals surface area contributed by atoms with Crippen LogP contribution in [0.15, 0.2) is 24.3 Å². The third kappa shape index (κ3) is 2.78. The van der Waals surface area contributed by atoms with Gasteiger partial charge >= 0.3 is 0 Å². The van der Waals surface area contributed by atoms with Gasteiger partial charge in [-0.15, -0.1) is 0 Å². The van der Waals surface area contributed by atoms with Crippen molar-refractivity contribution in [2.45, 2.75) is 0 Å². The van der Waals surface area contributed by atoms with Gasteiger partial charge in [-0.25, -0.2) is 0 Å². The first kappa shape index (κ1) is 10.6. The molecular formula is C11H15NO2. The molecule has 0 aliphatic rings. The minimum atomic E-state index is 0.233. The second kappa shape index (κ2) is 5.29. The quantitative estimate of drug-likeness (QED) is 0.763. The topological polar surface area (TPSA) is 41.5 Å². The molecule has 3 nitrogen and oxygen atoms in total. The van der Waals surface area contributed by atoms with Gasteiger partial charge in [0.25, 0.3) is 0 Å². The molecule has 14 heavy (non-hydrogen) atoms. The number of phenols is 1. The Morgan fingerprint density at radius 1 is 1.50 bits per heavy atom. The minimum absolute atomic E-state index is 0.233. The number of ether oxygens (including phenoxy) is 1. The average molecular weight is 193 g/mol. The van der Waals surface area contributed by atoms with E-state index in [0.717, 1.165) is 12.1 Å². The Morgan fingerprint density at radius 3 is 2.86 bits per heavy atom. The van der Waals surface area contributed by atoms with Crippen LogP contribution in [0.5, 0.6) is 11.5 Å². The Bertz CT molecular complexity index is 321. The second-order valence-electron chi connectivity index (χ2n) is 2.88. The fraction of sp³-hybridized carbons (Fsp3) is 0.273. The van der Waals surface area contributed by atoms with E-state index in [0.29, 0.717) is 5.75 Å². The molecule has 0 fully saturated rings. The maximum absolute atomic E-state index is 9.57. The van der Waals surface area contributed by atoms with Crippen molar-refractivity contribution in [3.05, 3.63) is 29.8 Å². The standard InChI is InChI=1S/C11H15NO2/c1-12-7-3-4-9-5-6-10(14-2)8-11(9)13/h3-6,8,12-13H,7H2,1-2H3. The molecule has 1 rings (SSSR count). The van der Waals surface area contributed by atoms with Gasteiger partial charge < -0.3 is 15.2 Å².